The molecule has 0 saturated carbocycles. The summed E-state index contributed by atoms with van der Waals surface area (Å²) in [4.78, 5) is 13.7. The molecule has 2 rings (SSSR count). The molecule has 1 amide bonds. The lowest BCUT2D eigenvalue weighted by Crippen LogP contribution is -2.39. The number of rotatable bonds is 3. The lowest BCUT2D eigenvalue weighted by Gasteiger charge is -2.31. The van der Waals surface area contributed by atoms with E-state index >= 15 is 0 Å². The molecular weight excluding hydrogens is 295 g/mol. The Morgan fingerprint density at radius 3 is 2.52 bits per heavy atom. The van der Waals surface area contributed by atoms with Crippen LogP contribution in [0.25, 0.3) is 0 Å². The smallest absolute Gasteiger partial charge is 0.255 e. The fourth-order valence-corrected chi connectivity index (χ4v) is 3.34. The molecule has 1 heterocycles. The molecule has 1 aromatic rings. The minimum atomic E-state index is -4.06. The maximum Gasteiger partial charge on any atom is 0.255 e. The predicted octanol–water partition coefficient (Wildman–Crippen LogP) is 1.74. The van der Waals surface area contributed by atoms with Crippen molar-refractivity contribution in [2.75, 3.05) is 13.1 Å². The Morgan fingerprint density at radius 1 is 1.38 bits per heavy atom. The molecule has 116 valence electrons. The van der Waals surface area contributed by atoms with Gasteiger partial charge in [-0.15, -0.1) is 0 Å². The topological polar surface area (TPSA) is 80.5 Å². The molecule has 1 aliphatic heterocycles. The zero-order valence-electron chi connectivity index (χ0n) is 11.9. The van der Waals surface area contributed by atoms with Crippen molar-refractivity contribution in [3.05, 3.63) is 29.6 Å². The van der Waals surface area contributed by atoms with Gasteiger partial charge in [-0.2, -0.15) is 0 Å². The van der Waals surface area contributed by atoms with Gasteiger partial charge in [-0.25, -0.2) is 17.9 Å². The van der Waals surface area contributed by atoms with Crippen LogP contribution in [0.1, 0.15) is 36.5 Å². The molecule has 0 aliphatic carbocycles. The van der Waals surface area contributed by atoms with Crippen LogP contribution in [0.5, 0.6) is 0 Å². The molecule has 1 fully saturated rings. The second kappa shape index (κ2) is 6.11. The van der Waals surface area contributed by atoms with Gasteiger partial charge in [0.15, 0.2) is 0 Å². The maximum absolute atomic E-state index is 13.4. The lowest BCUT2D eigenvalue weighted by molar-refractivity contribution is 0.0684. The monoisotopic (exact) mass is 314 g/mol. The highest BCUT2D eigenvalue weighted by Gasteiger charge is 2.27. The van der Waals surface area contributed by atoms with Gasteiger partial charge in [-0.3, -0.25) is 4.79 Å². The third-order valence-electron chi connectivity index (χ3n) is 3.96. The van der Waals surface area contributed by atoms with Crippen LogP contribution < -0.4 is 5.14 Å². The highest BCUT2D eigenvalue weighted by molar-refractivity contribution is 7.89. The number of primary sulfonamides is 1. The Labute approximate surface area is 124 Å². The van der Waals surface area contributed by atoms with E-state index in [1.165, 1.54) is 0 Å². The molecule has 1 aliphatic rings. The van der Waals surface area contributed by atoms with E-state index in [0.29, 0.717) is 19.0 Å². The Balaban J connectivity index is 2.29. The summed E-state index contributed by atoms with van der Waals surface area (Å²) in [6.07, 6.45) is 2.81. The highest BCUT2D eigenvalue weighted by Crippen LogP contribution is 2.24. The van der Waals surface area contributed by atoms with Gasteiger partial charge < -0.3 is 4.90 Å². The van der Waals surface area contributed by atoms with Crippen molar-refractivity contribution in [1.29, 1.82) is 0 Å². The molecule has 5 nitrogen and oxygen atoms in total. The summed E-state index contributed by atoms with van der Waals surface area (Å²) in [7, 11) is -4.06. The van der Waals surface area contributed by atoms with E-state index in [-0.39, 0.29) is 10.5 Å². The fourth-order valence-electron chi connectivity index (χ4n) is 2.63. The molecule has 0 bridgehead atoms. The van der Waals surface area contributed by atoms with Crippen LogP contribution in [-0.2, 0) is 10.0 Å². The first-order valence-corrected chi connectivity index (χ1v) is 8.49. The van der Waals surface area contributed by atoms with Crippen LogP contribution in [0.3, 0.4) is 0 Å². The summed E-state index contributed by atoms with van der Waals surface area (Å²) in [5.74, 6) is -0.554. The van der Waals surface area contributed by atoms with Gasteiger partial charge in [0.25, 0.3) is 5.91 Å². The normalized spacial score (nSPS) is 17.0. The molecule has 0 atom stereocenters. The number of likely N-dealkylation sites (tertiary alicyclic amines) is 1. The molecule has 0 spiro atoms. The summed E-state index contributed by atoms with van der Waals surface area (Å²) in [5.41, 5.74) is -0.188. The Bertz CT molecular complexity index is 638. The number of nitrogens with two attached hydrogens (primary N) is 1. The number of hydrogen-bond donors (Lipinski definition) is 1. The summed E-state index contributed by atoms with van der Waals surface area (Å²) < 4.78 is 36.4. The second-order valence-corrected chi connectivity index (χ2v) is 6.86. The summed E-state index contributed by atoms with van der Waals surface area (Å²) >= 11 is 0. The molecular formula is C14H19FN2O3S. The Kier molecular flexibility index (Phi) is 4.63. The largest absolute Gasteiger partial charge is 0.339 e. The maximum atomic E-state index is 13.4. The van der Waals surface area contributed by atoms with Gasteiger partial charge in [0.2, 0.25) is 10.0 Å². The van der Waals surface area contributed by atoms with Crippen molar-refractivity contribution in [2.45, 2.75) is 31.1 Å². The zero-order valence-corrected chi connectivity index (χ0v) is 12.7. The number of hydrogen-bond acceptors (Lipinski definition) is 3. The van der Waals surface area contributed by atoms with Crippen molar-refractivity contribution in [1.82, 2.24) is 4.90 Å². The van der Waals surface area contributed by atoms with Crippen LogP contribution in [0.2, 0.25) is 0 Å². The van der Waals surface area contributed by atoms with Crippen LogP contribution in [0, 0.1) is 11.7 Å². The molecule has 0 unspecified atom stereocenters. The third-order valence-corrected chi connectivity index (χ3v) is 4.93. The Hall–Kier alpha value is -1.47. The number of amides is 1. The quantitative estimate of drug-likeness (QED) is 0.922. The first kappa shape index (κ1) is 15.9. The summed E-state index contributed by atoms with van der Waals surface area (Å²) in [5, 5.41) is 5.10. The first-order chi connectivity index (χ1) is 9.82. The minimum absolute atomic E-state index is 0.188. The average molecular weight is 314 g/mol. The molecule has 7 heteroatoms. The zero-order chi connectivity index (χ0) is 15.6. The van der Waals surface area contributed by atoms with Crippen molar-refractivity contribution in [2.24, 2.45) is 11.1 Å². The van der Waals surface area contributed by atoms with Gasteiger partial charge >= 0.3 is 0 Å². The minimum Gasteiger partial charge on any atom is -0.339 e. The van der Waals surface area contributed by atoms with Crippen molar-refractivity contribution in [3.63, 3.8) is 0 Å². The highest BCUT2D eigenvalue weighted by atomic mass is 32.2. The Morgan fingerprint density at radius 2 is 2.00 bits per heavy atom. The number of carbonyl (C=O) groups excluding carboxylic acids is 1. The third kappa shape index (κ3) is 3.59. The van der Waals surface area contributed by atoms with Crippen LogP contribution >= 0.6 is 0 Å². The first-order valence-electron chi connectivity index (χ1n) is 6.94. The fraction of sp³-hybridized carbons (Fsp3) is 0.500. The van der Waals surface area contributed by atoms with Gasteiger partial charge in [-0.1, -0.05) is 13.3 Å². The van der Waals surface area contributed by atoms with E-state index in [4.69, 9.17) is 5.14 Å². The average Bonchev–Trinajstić information content (AvgIpc) is 2.45. The van der Waals surface area contributed by atoms with Crippen LogP contribution in [-0.4, -0.2) is 32.3 Å². The van der Waals surface area contributed by atoms with E-state index in [1.54, 1.807) is 4.90 Å². The van der Waals surface area contributed by atoms with Crippen LogP contribution in [0.4, 0.5) is 4.39 Å². The van der Waals surface area contributed by atoms with Crippen molar-refractivity contribution in [3.8, 4) is 0 Å². The van der Waals surface area contributed by atoms with E-state index in [1.807, 2.05) is 0 Å². The lowest BCUT2D eigenvalue weighted by atomic mass is 9.94. The molecule has 1 saturated heterocycles. The van der Waals surface area contributed by atoms with Crippen molar-refractivity contribution < 1.29 is 17.6 Å². The van der Waals surface area contributed by atoms with E-state index in [2.05, 4.69) is 6.92 Å². The number of sulfonamides is 1. The van der Waals surface area contributed by atoms with E-state index < -0.39 is 21.7 Å². The number of carbonyl (C=O) groups is 1. The number of nitrogens with zero attached hydrogens (tertiary/aromatic N) is 1. The van der Waals surface area contributed by atoms with E-state index in [0.717, 1.165) is 37.5 Å². The van der Waals surface area contributed by atoms with Gasteiger partial charge in [0.05, 0.1) is 10.5 Å². The van der Waals surface area contributed by atoms with E-state index in [9.17, 15) is 17.6 Å². The molecule has 0 aromatic heterocycles. The molecule has 0 radical (unpaired) electrons. The van der Waals surface area contributed by atoms with Gasteiger partial charge in [0, 0.05) is 13.1 Å². The summed E-state index contributed by atoms with van der Waals surface area (Å²) in [6, 6.07) is 2.96. The van der Waals surface area contributed by atoms with Gasteiger partial charge in [-0.05, 0) is 37.0 Å². The number of piperidine rings is 1. The number of halogens is 1. The van der Waals surface area contributed by atoms with Crippen LogP contribution in [0.15, 0.2) is 23.1 Å². The molecule has 2 N–H and O–H groups in total. The SMILES string of the molecule is CCC1CCN(C(=O)c2cc(F)ccc2S(N)(=O)=O)CC1. The van der Waals surface area contributed by atoms with Gasteiger partial charge in [0.1, 0.15) is 5.82 Å². The van der Waals surface area contributed by atoms with Crippen molar-refractivity contribution >= 4 is 15.9 Å². The summed E-state index contributed by atoms with van der Waals surface area (Å²) in [6.45, 7) is 3.21. The number of benzene rings is 1. The second-order valence-electron chi connectivity index (χ2n) is 5.33. The standard InChI is InChI=1S/C14H19FN2O3S/c1-2-10-5-7-17(8-6-10)14(18)12-9-11(15)3-4-13(12)21(16,19)20/h3-4,9-10H,2,5-8H2,1H3,(H2,16,19,20). The molecule has 1 aromatic carbocycles. The molecule has 21 heavy (non-hydrogen) atoms. The predicted molar refractivity (Wildman–Crippen MR) is 76.7 cm³/mol.